The molecule has 0 heterocycles. The maximum absolute atomic E-state index is 12.8. The van der Waals surface area contributed by atoms with E-state index in [1.54, 1.807) is 14.2 Å². The first kappa shape index (κ1) is 22.4. The summed E-state index contributed by atoms with van der Waals surface area (Å²) in [4.78, 5) is 23.6. The van der Waals surface area contributed by atoms with Gasteiger partial charge in [0.05, 0.1) is 26.3 Å². The predicted octanol–water partition coefficient (Wildman–Crippen LogP) is 4.25. The summed E-state index contributed by atoms with van der Waals surface area (Å²) in [6.45, 7) is 0.432. The first-order valence-corrected chi connectivity index (χ1v) is 10.3. The molecule has 3 rings (SSSR count). The highest BCUT2D eigenvalue weighted by Crippen LogP contribution is 2.42. The number of carbonyl (C=O) groups excluding carboxylic acids is 1. The molecule has 1 amide bonds. The Labute approximate surface area is 181 Å². The van der Waals surface area contributed by atoms with Crippen molar-refractivity contribution < 1.29 is 23.9 Å². The van der Waals surface area contributed by atoms with Gasteiger partial charge in [0.15, 0.2) is 17.2 Å². The van der Waals surface area contributed by atoms with Gasteiger partial charge in [-0.1, -0.05) is 25.3 Å². The molecule has 1 saturated carbocycles. The molecule has 8 heteroatoms. The van der Waals surface area contributed by atoms with E-state index in [2.05, 4.69) is 5.32 Å². The number of nitro groups is 1. The Bertz CT molecular complexity index is 953. The van der Waals surface area contributed by atoms with Crippen molar-refractivity contribution in [1.82, 2.24) is 5.32 Å². The second-order valence-electron chi connectivity index (χ2n) is 7.74. The van der Waals surface area contributed by atoms with Gasteiger partial charge >= 0.3 is 5.69 Å². The molecule has 0 aliphatic heterocycles. The summed E-state index contributed by atoms with van der Waals surface area (Å²) in [6, 6.07) is 10.1. The van der Waals surface area contributed by atoms with Crippen molar-refractivity contribution in [3.63, 3.8) is 0 Å². The molecule has 1 fully saturated rings. The Balaban J connectivity index is 1.85. The molecular weight excluding hydrogens is 400 g/mol. The minimum Gasteiger partial charge on any atom is -0.493 e. The number of nitrogens with one attached hydrogen (secondary N) is 1. The van der Waals surface area contributed by atoms with E-state index in [0.717, 1.165) is 37.7 Å². The summed E-state index contributed by atoms with van der Waals surface area (Å²) < 4.78 is 15.8. The van der Waals surface area contributed by atoms with Gasteiger partial charge in [0.2, 0.25) is 0 Å². The average molecular weight is 428 g/mol. The van der Waals surface area contributed by atoms with Crippen LogP contribution in [0.4, 0.5) is 5.69 Å². The van der Waals surface area contributed by atoms with Gasteiger partial charge in [0, 0.05) is 23.6 Å². The summed E-state index contributed by atoms with van der Waals surface area (Å²) >= 11 is 0. The standard InChI is InChI=1S/C23H28N2O6/c1-29-19-9-7-16(13-18(19)25(27)28)22(26)24-15-23(11-5-4-6-12-23)17-8-10-20(30-2)21(14-17)31-3/h7-10,13-14H,4-6,11-12,15H2,1-3H3,(H,24,26). The third kappa shape index (κ3) is 4.73. The van der Waals surface area contributed by atoms with Gasteiger partial charge in [-0.05, 0) is 42.7 Å². The molecule has 0 aromatic heterocycles. The molecule has 166 valence electrons. The van der Waals surface area contributed by atoms with Gasteiger partial charge in [-0.25, -0.2) is 0 Å². The Morgan fingerprint density at radius 3 is 2.23 bits per heavy atom. The Hall–Kier alpha value is -3.29. The summed E-state index contributed by atoms with van der Waals surface area (Å²) in [5.41, 5.74) is 0.852. The van der Waals surface area contributed by atoms with Crippen LogP contribution in [0.1, 0.15) is 48.0 Å². The van der Waals surface area contributed by atoms with Gasteiger partial charge in [-0.15, -0.1) is 0 Å². The number of ether oxygens (including phenoxy) is 3. The van der Waals surface area contributed by atoms with Gasteiger partial charge < -0.3 is 19.5 Å². The lowest BCUT2D eigenvalue weighted by molar-refractivity contribution is -0.385. The van der Waals surface area contributed by atoms with Crippen LogP contribution in [0, 0.1) is 10.1 Å². The first-order valence-electron chi connectivity index (χ1n) is 10.3. The van der Waals surface area contributed by atoms with Crippen LogP contribution in [-0.2, 0) is 5.41 Å². The number of carbonyl (C=O) groups is 1. The van der Waals surface area contributed by atoms with Crippen molar-refractivity contribution in [2.24, 2.45) is 0 Å². The number of nitro benzene ring substituents is 1. The lowest BCUT2D eigenvalue weighted by Crippen LogP contribution is -2.42. The molecule has 1 aliphatic carbocycles. The first-order chi connectivity index (χ1) is 14.9. The molecule has 2 aromatic carbocycles. The molecule has 0 radical (unpaired) electrons. The molecule has 1 aliphatic rings. The van der Waals surface area contributed by atoms with Crippen molar-refractivity contribution in [3.05, 3.63) is 57.6 Å². The minimum absolute atomic E-state index is 0.121. The molecule has 8 nitrogen and oxygen atoms in total. The Morgan fingerprint density at radius 2 is 1.61 bits per heavy atom. The molecule has 0 saturated heterocycles. The molecule has 0 spiro atoms. The highest BCUT2D eigenvalue weighted by molar-refractivity contribution is 5.95. The fourth-order valence-electron chi connectivity index (χ4n) is 4.29. The Morgan fingerprint density at radius 1 is 0.968 bits per heavy atom. The van der Waals surface area contributed by atoms with Crippen molar-refractivity contribution >= 4 is 11.6 Å². The third-order valence-electron chi connectivity index (χ3n) is 6.03. The SMILES string of the molecule is COc1ccc(C2(CNC(=O)c3ccc(OC)c([N+](=O)[O-])c3)CCCCC2)cc1OC. The van der Waals surface area contributed by atoms with Crippen LogP contribution in [-0.4, -0.2) is 38.7 Å². The van der Waals surface area contributed by atoms with Crippen LogP contribution < -0.4 is 19.5 Å². The number of methoxy groups -OCH3 is 3. The predicted molar refractivity (Wildman–Crippen MR) is 116 cm³/mol. The zero-order valence-electron chi connectivity index (χ0n) is 18.1. The number of rotatable bonds is 8. The lowest BCUT2D eigenvalue weighted by Gasteiger charge is -2.38. The number of benzene rings is 2. The average Bonchev–Trinajstić information content (AvgIpc) is 2.82. The number of hydrogen-bond acceptors (Lipinski definition) is 6. The largest absolute Gasteiger partial charge is 0.493 e. The number of nitrogens with zero attached hydrogens (tertiary/aromatic N) is 1. The highest BCUT2D eigenvalue weighted by atomic mass is 16.6. The number of hydrogen-bond donors (Lipinski definition) is 1. The fourth-order valence-corrected chi connectivity index (χ4v) is 4.29. The van der Waals surface area contributed by atoms with Gasteiger partial charge in [0.1, 0.15) is 0 Å². The van der Waals surface area contributed by atoms with E-state index in [0.29, 0.717) is 18.0 Å². The van der Waals surface area contributed by atoms with Crippen LogP contribution in [0.3, 0.4) is 0 Å². The summed E-state index contributed by atoms with van der Waals surface area (Å²) in [7, 11) is 4.56. The topological polar surface area (TPSA) is 99.9 Å². The second-order valence-corrected chi connectivity index (χ2v) is 7.74. The smallest absolute Gasteiger partial charge is 0.311 e. The van der Waals surface area contributed by atoms with Crippen LogP contribution in [0.5, 0.6) is 17.2 Å². The van der Waals surface area contributed by atoms with Crippen molar-refractivity contribution in [3.8, 4) is 17.2 Å². The van der Waals surface area contributed by atoms with Gasteiger partial charge in [-0.2, -0.15) is 0 Å². The van der Waals surface area contributed by atoms with E-state index in [4.69, 9.17) is 14.2 Å². The van der Waals surface area contributed by atoms with E-state index in [-0.39, 0.29) is 28.3 Å². The second kappa shape index (κ2) is 9.68. The molecule has 0 bridgehead atoms. The van der Waals surface area contributed by atoms with E-state index >= 15 is 0 Å². The van der Waals surface area contributed by atoms with Crippen LogP contribution in [0.2, 0.25) is 0 Å². The molecule has 0 atom stereocenters. The summed E-state index contributed by atoms with van der Waals surface area (Å²) in [5.74, 6) is 1.08. The minimum atomic E-state index is -0.554. The van der Waals surface area contributed by atoms with Gasteiger partial charge in [0.25, 0.3) is 5.91 Å². The quantitative estimate of drug-likeness (QED) is 0.498. The molecule has 31 heavy (non-hydrogen) atoms. The maximum Gasteiger partial charge on any atom is 0.311 e. The zero-order chi connectivity index (χ0) is 22.4. The Kier molecular flexibility index (Phi) is 6.99. The van der Waals surface area contributed by atoms with E-state index in [9.17, 15) is 14.9 Å². The molecule has 2 aromatic rings. The van der Waals surface area contributed by atoms with Crippen molar-refractivity contribution in [2.45, 2.75) is 37.5 Å². The van der Waals surface area contributed by atoms with Gasteiger partial charge in [-0.3, -0.25) is 14.9 Å². The zero-order valence-corrected chi connectivity index (χ0v) is 18.1. The van der Waals surface area contributed by atoms with Crippen LogP contribution >= 0.6 is 0 Å². The molecule has 1 N–H and O–H groups in total. The third-order valence-corrected chi connectivity index (χ3v) is 6.03. The highest BCUT2D eigenvalue weighted by Gasteiger charge is 2.35. The number of amides is 1. The molecular formula is C23H28N2O6. The van der Waals surface area contributed by atoms with E-state index < -0.39 is 4.92 Å². The van der Waals surface area contributed by atoms with Crippen molar-refractivity contribution in [2.75, 3.05) is 27.9 Å². The summed E-state index contributed by atoms with van der Waals surface area (Å²) in [5, 5.41) is 14.3. The maximum atomic E-state index is 12.8. The van der Waals surface area contributed by atoms with E-state index in [1.807, 2.05) is 18.2 Å². The monoisotopic (exact) mass is 428 g/mol. The normalized spacial score (nSPS) is 15.1. The van der Waals surface area contributed by atoms with E-state index in [1.165, 1.54) is 25.3 Å². The molecule has 0 unspecified atom stereocenters. The summed E-state index contributed by atoms with van der Waals surface area (Å²) in [6.07, 6.45) is 5.17. The van der Waals surface area contributed by atoms with Crippen LogP contribution in [0.25, 0.3) is 0 Å². The lowest BCUT2D eigenvalue weighted by atomic mass is 9.69. The fraction of sp³-hybridized carbons (Fsp3) is 0.435. The van der Waals surface area contributed by atoms with Crippen LogP contribution in [0.15, 0.2) is 36.4 Å². The van der Waals surface area contributed by atoms with Crippen molar-refractivity contribution in [1.29, 1.82) is 0 Å².